The summed E-state index contributed by atoms with van der Waals surface area (Å²) in [5.74, 6) is 0.854. The summed E-state index contributed by atoms with van der Waals surface area (Å²) < 4.78 is 5.59. The second-order valence-corrected chi connectivity index (χ2v) is 9.94. The smallest absolute Gasteiger partial charge is 0.265 e. The van der Waals surface area contributed by atoms with Crippen molar-refractivity contribution in [1.82, 2.24) is 4.90 Å². The molecule has 3 aliphatic rings. The third-order valence-corrected chi connectivity index (χ3v) is 7.70. The van der Waals surface area contributed by atoms with Gasteiger partial charge in [-0.2, -0.15) is 0 Å². The monoisotopic (exact) mass is 468 g/mol. The molecule has 3 unspecified atom stereocenters. The van der Waals surface area contributed by atoms with Gasteiger partial charge in [0.1, 0.15) is 5.75 Å². The fourth-order valence-electron chi connectivity index (χ4n) is 5.58. The van der Waals surface area contributed by atoms with Crippen LogP contribution in [-0.4, -0.2) is 41.7 Å². The van der Waals surface area contributed by atoms with Crippen LogP contribution in [0.25, 0.3) is 10.8 Å². The molecular weight excluding hydrogens is 440 g/mol. The SMILES string of the molecule is CC1Oc2ccc(C(=O)C3CCN(C(=O)C4CC4c4cccc5ccccc45)CC3)cc2NC1=O. The Morgan fingerprint density at radius 3 is 2.60 bits per heavy atom. The number of benzene rings is 3. The van der Waals surface area contributed by atoms with Gasteiger partial charge in [0.15, 0.2) is 11.9 Å². The van der Waals surface area contributed by atoms with Gasteiger partial charge in [-0.25, -0.2) is 0 Å². The summed E-state index contributed by atoms with van der Waals surface area (Å²) >= 11 is 0. The first-order valence-electron chi connectivity index (χ1n) is 12.4. The predicted octanol–water partition coefficient (Wildman–Crippen LogP) is 4.78. The largest absolute Gasteiger partial charge is 0.479 e. The van der Waals surface area contributed by atoms with Crippen LogP contribution >= 0.6 is 0 Å². The van der Waals surface area contributed by atoms with Crippen LogP contribution in [0.4, 0.5) is 5.69 Å². The molecule has 0 radical (unpaired) electrons. The first-order chi connectivity index (χ1) is 17.0. The minimum absolute atomic E-state index is 0.0414. The van der Waals surface area contributed by atoms with Crippen molar-refractivity contribution >= 4 is 34.1 Å². The fourth-order valence-corrected chi connectivity index (χ4v) is 5.58. The van der Waals surface area contributed by atoms with Crippen molar-refractivity contribution in [3.05, 3.63) is 71.8 Å². The summed E-state index contributed by atoms with van der Waals surface area (Å²) in [7, 11) is 0. The van der Waals surface area contributed by atoms with E-state index in [1.54, 1.807) is 25.1 Å². The number of nitrogens with one attached hydrogen (secondary N) is 1. The summed E-state index contributed by atoms with van der Waals surface area (Å²) in [6, 6.07) is 19.9. The molecule has 178 valence electrons. The Kier molecular flexibility index (Phi) is 5.32. The number of piperidine rings is 1. The highest BCUT2D eigenvalue weighted by atomic mass is 16.5. The second-order valence-electron chi connectivity index (χ2n) is 9.94. The van der Waals surface area contributed by atoms with E-state index in [2.05, 4.69) is 41.7 Å². The van der Waals surface area contributed by atoms with Gasteiger partial charge in [-0.15, -0.1) is 0 Å². The number of likely N-dealkylation sites (tertiary alicyclic amines) is 1. The molecule has 2 amide bonds. The Hall–Kier alpha value is -3.67. The number of amides is 2. The number of Topliss-reactive ketones (excluding diaryl/α,β-unsaturated/α-hetero) is 1. The lowest BCUT2D eigenvalue weighted by Gasteiger charge is -2.32. The van der Waals surface area contributed by atoms with Crippen LogP contribution in [-0.2, 0) is 9.59 Å². The van der Waals surface area contributed by atoms with Crippen molar-refractivity contribution < 1.29 is 19.1 Å². The molecule has 1 saturated carbocycles. The lowest BCUT2D eigenvalue weighted by Crippen LogP contribution is -2.41. The molecule has 1 saturated heterocycles. The Labute approximate surface area is 204 Å². The minimum Gasteiger partial charge on any atom is -0.479 e. The van der Waals surface area contributed by atoms with Crippen LogP contribution in [0.2, 0.25) is 0 Å². The van der Waals surface area contributed by atoms with E-state index in [0.717, 1.165) is 6.42 Å². The van der Waals surface area contributed by atoms with Crippen LogP contribution < -0.4 is 10.1 Å². The molecule has 2 aliphatic heterocycles. The van der Waals surface area contributed by atoms with Gasteiger partial charge in [0.25, 0.3) is 5.91 Å². The second kappa shape index (κ2) is 8.52. The summed E-state index contributed by atoms with van der Waals surface area (Å²) in [6.45, 7) is 2.91. The molecule has 0 spiro atoms. The van der Waals surface area contributed by atoms with Crippen molar-refractivity contribution in [3.8, 4) is 5.75 Å². The highest BCUT2D eigenvalue weighted by Crippen LogP contribution is 2.50. The third kappa shape index (κ3) is 3.97. The minimum atomic E-state index is -0.544. The van der Waals surface area contributed by atoms with Gasteiger partial charge >= 0.3 is 0 Å². The van der Waals surface area contributed by atoms with E-state index in [1.165, 1.54) is 16.3 Å². The van der Waals surface area contributed by atoms with Crippen LogP contribution in [0, 0.1) is 11.8 Å². The zero-order valence-corrected chi connectivity index (χ0v) is 19.7. The summed E-state index contributed by atoms with van der Waals surface area (Å²) in [5, 5.41) is 5.26. The molecule has 2 heterocycles. The molecule has 0 aromatic heterocycles. The third-order valence-electron chi connectivity index (χ3n) is 7.70. The molecule has 3 aromatic carbocycles. The summed E-state index contributed by atoms with van der Waals surface area (Å²) in [6.07, 6.45) is 1.67. The van der Waals surface area contributed by atoms with Crippen LogP contribution in [0.15, 0.2) is 60.7 Å². The van der Waals surface area contributed by atoms with Crippen LogP contribution in [0.3, 0.4) is 0 Å². The van der Waals surface area contributed by atoms with E-state index in [0.29, 0.717) is 42.9 Å². The number of hydrogen-bond acceptors (Lipinski definition) is 4. The zero-order chi connectivity index (χ0) is 24.1. The highest BCUT2D eigenvalue weighted by Gasteiger charge is 2.47. The quantitative estimate of drug-likeness (QED) is 0.559. The number of fused-ring (bicyclic) bond motifs is 2. The molecule has 1 aliphatic carbocycles. The van der Waals surface area contributed by atoms with Crippen molar-refractivity contribution in [3.63, 3.8) is 0 Å². The molecule has 35 heavy (non-hydrogen) atoms. The fraction of sp³-hybridized carbons (Fsp3) is 0.345. The molecule has 3 atom stereocenters. The van der Waals surface area contributed by atoms with E-state index in [1.807, 2.05) is 11.0 Å². The summed E-state index contributed by atoms with van der Waals surface area (Å²) in [4.78, 5) is 40.3. The molecular formula is C29H28N2O4. The van der Waals surface area contributed by atoms with Gasteiger partial charge in [0.2, 0.25) is 5.91 Å². The first kappa shape index (κ1) is 21.8. The van der Waals surface area contributed by atoms with Crippen molar-refractivity contribution in [2.75, 3.05) is 18.4 Å². The Bertz CT molecular complexity index is 1340. The van der Waals surface area contributed by atoms with Crippen molar-refractivity contribution in [1.29, 1.82) is 0 Å². The number of carbonyl (C=O) groups is 3. The highest BCUT2D eigenvalue weighted by molar-refractivity contribution is 6.02. The van der Waals surface area contributed by atoms with Gasteiger partial charge in [0, 0.05) is 30.5 Å². The molecule has 1 N–H and O–H groups in total. The summed E-state index contributed by atoms with van der Waals surface area (Å²) in [5.41, 5.74) is 2.38. The number of nitrogens with zero attached hydrogens (tertiary/aromatic N) is 1. The average molecular weight is 469 g/mol. The van der Waals surface area contributed by atoms with Crippen molar-refractivity contribution in [2.24, 2.45) is 11.8 Å². The van der Waals surface area contributed by atoms with Gasteiger partial charge in [-0.05, 0) is 66.6 Å². The van der Waals surface area contributed by atoms with E-state index < -0.39 is 6.10 Å². The maximum Gasteiger partial charge on any atom is 0.265 e. The normalized spacial score (nSPS) is 23.9. The lowest BCUT2D eigenvalue weighted by molar-refractivity contribution is -0.133. The Morgan fingerprint density at radius 2 is 1.77 bits per heavy atom. The Morgan fingerprint density at radius 1 is 1.00 bits per heavy atom. The van der Waals surface area contributed by atoms with Crippen LogP contribution in [0.5, 0.6) is 5.75 Å². The predicted molar refractivity (Wildman–Crippen MR) is 134 cm³/mol. The van der Waals surface area contributed by atoms with Gasteiger partial charge < -0.3 is 15.0 Å². The van der Waals surface area contributed by atoms with Crippen molar-refractivity contribution in [2.45, 2.75) is 38.2 Å². The number of carbonyl (C=O) groups excluding carboxylic acids is 3. The van der Waals surface area contributed by atoms with E-state index >= 15 is 0 Å². The zero-order valence-electron chi connectivity index (χ0n) is 19.7. The van der Waals surface area contributed by atoms with Crippen LogP contribution in [0.1, 0.15) is 48.0 Å². The van der Waals surface area contributed by atoms with E-state index in [4.69, 9.17) is 4.74 Å². The van der Waals surface area contributed by atoms with Gasteiger partial charge in [0.05, 0.1) is 5.69 Å². The van der Waals surface area contributed by atoms with E-state index in [9.17, 15) is 14.4 Å². The average Bonchev–Trinajstić information content (AvgIpc) is 3.69. The molecule has 3 aromatic rings. The van der Waals surface area contributed by atoms with Gasteiger partial charge in [-0.1, -0.05) is 42.5 Å². The number of hydrogen-bond donors (Lipinski definition) is 1. The molecule has 6 nitrogen and oxygen atoms in total. The molecule has 0 bridgehead atoms. The number of rotatable bonds is 4. The molecule has 2 fully saturated rings. The maximum atomic E-state index is 13.2. The number of anilines is 1. The molecule has 6 rings (SSSR count). The first-order valence-corrected chi connectivity index (χ1v) is 12.4. The lowest BCUT2D eigenvalue weighted by atomic mass is 9.88. The van der Waals surface area contributed by atoms with E-state index in [-0.39, 0.29) is 35.4 Å². The standard InChI is InChI=1S/C29H28N2O4/c1-17-28(33)30-25-15-20(9-10-26(25)35-17)27(32)19-11-13-31(14-12-19)29(34)24-16-23(24)22-8-4-6-18-5-2-3-7-21(18)22/h2-10,15,17,19,23-24H,11-14,16H2,1H3,(H,30,33). The maximum absolute atomic E-state index is 13.2. The molecule has 6 heteroatoms. The number of ether oxygens (including phenoxy) is 1. The number of ketones is 1. The Balaban J connectivity index is 1.08. The topological polar surface area (TPSA) is 75.7 Å². The van der Waals surface area contributed by atoms with Gasteiger partial charge in [-0.3, -0.25) is 14.4 Å².